The van der Waals surface area contributed by atoms with Crippen molar-refractivity contribution in [1.29, 1.82) is 0 Å². The van der Waals surface area contributed by atoms with E-state index in [0.29, 0.717) is 12.3 Å². The molecule has 2 rings (SSSR count). The topological polar surface area (TPSA) is 49.6 Å². The van der Waals surface area contributed by atoms with E-state index in [1.807, 2.05) is 11.8 Å². The van der Waals surface area contributed by atoms with Crippen LogP contribution in [0.15, 0.2) is 30.3 Å². The quantitative estimate of drug-likeness (QED) is 0.840. The SMILES string of the molecule is CC(N)CCC(=O)N1CCC(CN(C)Cc2ccccc2)CC1. The van der Waals surface area contributed by atoms with E-state index in [0.717, 1.165) is 45.4 Å². The first-order valence-corrected chi connectivity index (χ1v) is 8.80. The fourth-order valence-electron chi connectivity index (χ4n) is 3.27. The maximum Gasteiger partial charge on any atom is 0.222 e. The third kappa shape index (κ3) is 6.32. The lowest BCUT2D eigenvalue weighted by molar-refractivity contribution is -0.132. The van der Waals surface area contributed by atoms with Crippen molar-refractivity contribution in [2.75, 3.05) is 26.7 Å². The van der Waals surface area contributed by atoms with Gasteiger partial charge in [0.1, 0.15) is 0 Å². The predicted octanol–water partition coefficient (Wildman–Crippen LogP) is 2.48. The van der Waals surface area contributed by atoms with E-state index in [2.05, 4.69) is 42.3 Å². The fourth-order valence-corrected chi connectivity index (χ4v) is 3.27. The zero-order valence-corrected chi connectivity index (χ0v) is 14.6. The Hall–Kier alpha value is -1.39. The number of piperidine rings is 1. The predicted molar refractivity (Wildman–Crippen MR) is 95.0 cm³/mol. The molecule has 4 nitrogen and oxygen atoms in total. The van der Waals surface area contributed by atoms with Crippen LogP contribution in [0.3, 0.4) is 0 Å². The Kier molecular flexibility index (Phi) is 7.06. The Morgan fingerprint density at radius 2 is 1.96 bits per heavy atom. The van der Waals surface area contributed by atoms with Gasteiger partial charge in [0.2, 0.25) is 5.91 Å². The highest BCUT2D eigenvalue weighted by atomic mass is 16.2. The number of rotatable bonds is 7. The standard InChI is InChI=1S/C19H31N3O/c1-16(20)8-9-19(23)22-12-10-18(11-13-22)15-21(2)14-17-6-4-3-5-7-17/h3-7,16,18H,8-15,20H2,1-2H3. The first-order valence-electron chi connectivity index (χ1n) is 8.80. The number of carbonyl (C=O) groups is 1. The van der Waals surface area contributed by atoms with Gasteiger partial charge in [-0.3, -0.25) is 4.79 Å². The largest absolute Gasteiger partial charge is 0.343 e. The summed E-state index contributed by atoms with van der Waals surface area (Å²) in [4.78, 5) is 16.6. The van der Waals surface area contributed by atoms with Gasteiger partial charge in [-0.15, -0.1) is 0 Å². The zero-order valence-electron chi connectivity index (χ0n) is 14.6. The van der Waals surface area contributed by atoms with Gasteiger partial charge in [0, 0.05) is 38.6 Å². The molecule has 1 heterocycles. The second kappa shape index (κ2) is 9.04. The molecule has 1 aliphatic heterocycles. The molecule has 2 N–H and O–H groups in total. The summed E-state index contributed by atoms with van der Waals surface area (Å²) in [6, 6.07) is 10.7. The van der Waals surface area contributed by atoms with E-state index in [4.69, 9.17) is 5.73 Å². The van der Waals surface area contributed by atoms with Crippen LogP contribution in [0.5, 0.6) is 0 Å². The van der Waals surface area contributed by atoms with Gasteiger partial charge in [-0.2, -0.15) is 0 Å². The van der Waals surface area contributed by atoms with Crippen LogP contribution in [0, 0.1) is 5.92 Å². The Labute approximate surface area is 140 Å². The van der Waals surface area contributed by atoms with Crippen LogP contribution < -0.4 is 5.73 Å². The van der Waals surface area contributed by atoms with E-state index in [9.17, 15) is 4.79 Å². The Balaban J connectivity index is 1.69. The van der Waals surface area contributed by atoms with Crippen molar-refractivity contribution in [3.8, 4) is 0 Å². The first kappa shape index (κ1) is 18.0. The summed E-state index contributed by atoms with van der Waals surface area (Å²) in [5.74, 6) is 0.972. The highest BCUT2D eigenvalue weighted by Crippen LogP contribution is 2.19. The number of hydrogen-bond acceptors (Lipinski definition) is 3. The van der Waals surface area contributed by atoms with Crippen LogP contribution in [0.4, 0.5) is 0 Å². The molecule has 1 aliphatic rings. The second-order valence-electron chi connectivity index (χ2n) is 7.02. The van der Waals surface area contributed by atoms with Gasteiger partial charge in [0.05, 0.1) is 0 Å². The molecule has 1 atom stereocenters. The summed E-state index contributed by atoms with van der Waals surface area (Å²) in [5.41, 5.74) is 7.09. The Bertz CT molecular complexity index is 467. The molecule has 23 heavy (non-hydrogen) atoms. The summed E-state index contributed by atoms with van der Waals surface area (Å²) >= 11 is 0. The van der Waals surface area contributed by atoms with Crippen LogP contribution in [-0.2, 0) is 11.3 Å². The molecule has 1 fully saturated rings. The molecule has 0 bridgehead atoms. The van der Waals surface area contributed by atoms with Gasteiger partial charge in [-0.1, -0.05) is 30.3 Å². The molecule has 0 spiro atoms. The molecule has 0 aromatic heterocycles. The molecule has 128 valence electrons. The Morgan fingerprint density at radius 3 is 2.57 bits per heavy atom. The van der Waals surface area contributed by atoms with Gasteiger partial charge in [0.25, 0.3) is 0 Å². The van der Waals surface area contributed by atoms with Crippen LogP contribution in [-0.4, -0.2) is 48.4 Å². The number of carbonyl (C=O) groups excluding carboxylic acids is 1. The van der Waals surface area contributed by atoms with Crippen molar-refractivity contribution in [3.05, 3.63) is 35.9 Å². The first-order chi connectivity index (χ1) is 11.0. The molecular formula is C19H31N3O. The minimum absolute atomic E-state index is 0.114. The molecule has 1 aromatic rings. The van der Waals surface area contributed by atoms with Gasteiger partial charge >= 0.3 is 0 Å². The average Bonchev–Trinajstić information content (AvgIpc) is 2.54. The van der Waals surface area contributed by atoms with Crippen LogP contribution in [0.25, 0.3) is 0 Å². The third-order valence-electron chi connectivity index (χ3n) is 4.65. The summed E-state index contributed by atoms with van der Waals surface area (Å²) < 4.78 is 0. The highest BCUT2D eigenvalue weighted by molar-refractivity contribution is 5.76. The molecular weight excluding hydrogens is 286 g/mol. The number of likely N-dealkylation sites (tertiary alicyclic amines) is 1. The maximum atomic E-state index is 12.1. The van der Waals surface area contributed by atoms with Crippen molar-refractivity contribution >= 4 is 5.91 Å². The molecule has 0 saturated carbocycles. The summed E-state index contributed by atoms with van der Waals surface area (Å²) in [5, 5.41) is 0. The molecule has 1 saturated heterocycles. The Morgan fingerprint density at radius 1 is 1.30 bits per heavy atom. The van der Waals surface area contributed by atoms with Crippen LogP contribution >= 0.6 is 0 Å². The van der Waals surface area contributed by atoms with Gasteiger partial charge in [0.15, 0.2) is 0 Å². The highest BCUT2D eigenvalue weighted by Gasteiger charge is 2.23. The average molecular weight is 317 g/mol. The van der Waals surface area contributed by atoms with Crippen molar-refractivity contribution in [1.82, 2.24) is 9.80 Å². The molecule has 0 aliphatic carbocycles. The van der Waals surface area contributed by atoms with E-state index >= 15 is 0 Å². The molecule has 4 heteroatoms. The van der Waals surface area contributed by atoms with Crippen molar-refractivity contribution in [2.24, 2.45) is 11.7 Å². The zero-order chi connectivity index (χ0) is 16.7. The van der Waals surface area contributed by atoms with Crippen molar-refractivity contribution in [2.45, 2.75) is 45.2 Å². The van der Waals surface area contributed by atoms with E-state index < -0.39 is 0 Å². The lowest BCUT2D eigenvalue weighted by Gasteiger charge is -2.34. The summed E-state index contributed by atoms with van der Waals surface area (Å²) in [7, 11) is 2.19. The van der Waals surface area contributed by atoms with E-state index in [-0.39, 0.29) is 11.9 Å². The lowest BCUT2D eigenvalue weighted by Crippen LogP contribution is -2.41. The number of benzene rings is 1. The molecule has 1 amide bonds. The molecule has 0 radical (unpaired) electrons. The normalized spacial score (nSPS) is 17.5. The number of amides is 1. The number of nitrogens with two attached hydrogens (primary N) is 1. The lowest BCUT2D eigenvalue weighted by atomic mass is 9.95. The molecule has 1 unspecified atom stereocenters. The third-order valence-corrected chi connectivity index (χ3v) is 4.65. The summed E-state index contributed by atoms with van der Waals surface area (Å²) in [6.07, 6.45) is 3.61. The number of nitrogens with zero attached hydrogens (tertiary/aromatic N) is 2. The minimum atomic E-state index is 0.114. The van der Waals surface area contributed by atoms with Crippen LogP contribution in [0.2, 0.25) is 0 Å². The summed E-state index contributed by atoms with van der Waals surface area (Å²) in [6.45, 7) is 5.87. The van der Waals surface area contributed by atoms with Crippen molar-refractivity contribution in [3.63, 3.8) is 0 Å². The van der Waals surface area contributed by atoms with Crippen molar-refractivity contribution < 1.29 is 4.79 Å². The smallest absolute Gasteiger partial charge is 0.222 e. The minimum Gasteiger partial charge on any atom is -0.343 e. The fraction of sp³-hybridized carbons (Fsp3) is 0.632. The van der Waals surface area contributed by atoms with Gasteiger partial charge in [-0.05, 0) is 44.7 Å². The van der Waals surface area contributed by atoms with Gasteiger partial charge in [-0.25, -0.2) is 0 Å². The van der Waals surface area contributed by atoms with Gasteiger partial charge < -0.3 is 15.5 Å². The van der Waals surface area contributed by atoms with Crippen LogP contribution in [0.1, 0.15) is 38.2 Å². The number of hydrogen-bond donors (Lipinski definition) is 1. The maximum absolute atomic E-state index is 12.1. The second-order valence-corrected chi connectivity index (χ2v) is 7.02. The van der Waals surface area contributed by atoms with E-state index in [1.165, 1.54) is 5.56 Å². The molecule has 1 aromatic carbocycles. The van der Waals surface area contributed by atoms with E-state index in [1.54, 1.807) is 0 Å². The monoisotopic (exact) mass is 317 g/mol.